The molecule has 25 heavy (non-hydrogen) atoms. The zero-order valence-electron chi connectivity index (χ0n) is 13.5. The number of furan rings is 1. The van der Waals surface area contributed by atoms with Gasteiger partial charge in [0.05, 0.1) is 25.4 Å². The number of benzene rings is 1. The van der Waals surface area contributed by atoms with Crippen molar-refractivity contribution in [2.24, 2.45) is 0 Å². The van der Waals surface area contributed by atoms with E-state index in [-0.39, 0.29) is 30.7 Å². The number of hydrogen-bond acceptors (Lipinski definition) is 4. The van der Waals surface area contributed by atoms with Crippen molar-refractivity contribution in [2.45, 2.75) is 13.0 Å². The average Bonchev–Trinajstić information content (AvgIpc) is 3.13. The van der Waals surface area contributed by atoms with Crippen LogP contribution in [-0.4, -0.2) is 30.8 Å². The molecule has 3 amide bonds. The summed E-state index contributed by atoms with van der Waals surface area (Å²) in [5, 5.41) is 7.44. The number of amides is 3. The second-order valence-corrected chi connectivity index (χ2v) is 5.28. The standard InChI is InChI=1S/C17H18FN3O4/c1-11(12-4-6-13(18)7-5-12)21-16(23)10-19-15(22)9-20-17(24)14-3-2-8-25-14/h2-8,11H,9-10H2,1H3,(H,19,22)(H,20,24)(H,21,23)/t11-/m0/s1. The molecule has 1 aromatic carbocycles. The summed E-state index contributed by atoms with van der Waals surface area (Å²) in [5.41, 5.74) is 0.742. The Hall–Kier alpha value is -3.16. The summed E-state index contributed by atoms with van der Waals surface area (Å²) in [5.74, 6) is -1.69. The summed E-state index contributed by atoms with van der Waals surface area (Å²) in [6.07, 6.45) is 1.35. The van der Waals surface area contributed by atoms with Gasteiger partial charge in [0.2, 0.25) is 11.8 Å². The van der Waals surface area contributed by atoms with Crippen molar-refractivity contribution in [2.75, 3.05) is 13.1 Å². The number of carbonyl (C=O) groups excluding carboxylic acids is 3. The highest BCUT2D eigenvalue weighted by Crippen LogP contribution is 2.12. The van der Waals surface area contributed by atoms with E-state index in [1.54, 1.807) is 25.1 Å². The summed E-state index contributed by atoms with van der Waals surface area (Å²) < 4.78 is 17.8. The minimum atomic E-state index is -0.519. The van der Waals surface area contributed by atoms with Crippen molar-refractivity contribution >= 4 is 17.7 Å². The molecular formula is C17H18FN3O4. The van der Waals surface area contributed by atoms with Crippen LogP contribution in [0.25, 0.3) is 0 Å². The van der Waals surface area contributed by atoms with Crippen LogP contribution in [0.4, 0.5) is 4.39 Å². The lowest BCUT2D eigenvalue weighted by Gasteiger charge is -2.14. The maximum atomic E-state index is 12.9. The van der Waals surface area contributed by atoms with Crippen LogP contribution in [0.1, 0.15) is 29.1 Å². The molecule has 0 spiro atoms. The molecule has 0 saturated carbocycles. The molecule has 0 unspecified atom stereocenters. The Morgan fingerprint density at radius 3 is 2.36 bits per heavy atom. The van der Waals surface area contributed by atoms with Crippen LogP contribution in [0.5, 0.6) is 0 Å². The van der Waals surface area contributed by atoms with E-state index in [1.807, 2.05) is 0 Å². The van der Waals surface area contributed by atoms with Crippen LogP contribution in [0.2, 0.25) is 0 Å². The molecule has 3 N–H and O–H groups in total. The highest BCUT2D eigenvalue weighted by Gasteiger charge is 2.13. The predicted octanol–water partition coefficient (Wildman–Crippen LogP) is 1.14. The molecule has 0 radical (unpaired) electrons. The minimum absolute atomic E-state index is 0.0960. The van der Waals surface area contributed by atoms with E-state index in [9.17, 15) is 18.8 Å². The fourth-order valence-corrected chi connectivity index (χ4v) is 2.02. The molecule has 8 heteroatoms. The average molecular weight is 347 g/mol. The molecule has 0 fully saturated rings. The van der Waals surface area contributed by atoms with Gasteiger partial charge in [-0.2, -0.15) is 0 Å². The van der Waals surface area contributed by atoms with E-state index >= 15 is 0 Å². The van der Waals surface area contributed by atoms with Gasteiger partial charge in [0.25, 0.3) is 5.91 Å². The van der Waals surface area contributed by atoms with Crippen molar-refractivity contribution in [1.82, 2.24) is 16.0 Å². The van der Waals surface area contributed by atoms with Gasteiger partial charge in [0.1, 0.15) is 5.82 Å². The van der Waals surface area contributed by atoms with Gasteiger partial charge in [-0.1, -0.05) is 12.1 Å². The summed E-state index contributed by atoms with van der Waals surface area (Å²) >= 11 is 0. The number of nitrogens with one attached hydrogen (secondary N) is 3. The number of rotatable bonds is 7. The van der Waals surface area contributed by atoms with Crippen molar-refractivity contribution < 1.29 is 23.2 Å². The van der Waals surface area contributed by atoms with Crippen molar-refractivity contribution in [3.63, 3.8) is 0 Å². The van der Waals surface area contributed by atoms with Gasteiger partial charge in [-0.3, -0.25) is 14.4 Å². The minimum Gasteiger partial charge on any atom is -0.459 e. The first-order valence-corrected chi connectivity index (χ1v) is 7.59. The van der Waals surface area contributed by atoms with Crippen LogP contribution in [0.15, 0.2) is 47.1 Å². The van der Waals surface area contributed by atoms with Gasteiger partial charge in [0.15, 0.2) is 5.76 Å². The van der Waals surface area contributed by atoms with E-state index in [2.05, 4.69) is 16.0 Å². The Balaban J connectivity index is 1.69. The molecule has 132 valence electrons. The summed E-state index contributed by atoms with van der Waals surface area (Å²) in [6.45, 7) is 1.23. The number of halogens is 1. The van der Waals surface area contributed by atoms with Crippen LogP contribution in [0.3, 0.4) is 0 Å². The summed E-state index contributed by atoms with van der Waals surface area (Å²) in [4.78, 5) is 35.0. The third-order valence-electron chi connectivity index (χ3n) is 3.35. The second kappa shape index (κ2) is 8.62. The molecule has 0 bridgehead atoms. The van der Waals surface area contributed by atoms with Gasteiger partial charge >= 0.3 is 0 Å². The van der Waals surface area contributed by atoms with Crippen LogP contribution in [-0.2, 0) is 9.59 Å². The van der Waals surface area contributed by atoms with E-state index < -0.39 is 17.7 Å². The molecule has 0 aliphatic rings. The molecule has 1 aromatic heterocycles. The highest BCUT2D eigenvalue weighted by molar-refractivity contribution is 5.94. The lowest BCUT2D eigenvalue weighted by molar-refractivity contribution is -0.125. The van der Waals surface area contributed by atoms with Crippen LogP contribution < -0.4 is 16.0 Å². The van der Waals surface area contributed by atoms with Gasteiger partial charge < -0.3 is 20.4 Å². The fraction of sp³-hybridized carbons (Fsp3) is 0.235. The molecule has 0 saturated heterocycles. The van der Waals surface area contributed by atoms with Crippen LogP contribution in [0, 0.1) is 5.82 Å². The molecule has 7 nitrogen and oxygen atoms in total. The SMILES string of the molecule is C[C@H](NC(=O)CNC(=O)CNC(=O)c1ccco1)c1ccc(F)cc1. The van der Waals surface area contributed by atoms with E-state index in [0.29, 0.717) is 0 Å². The maximum absolute atomic E-state index is 12.9. The van der Waals surface area contributed by atoms with E-state index in [4.69, 9.17) is 4.42 Å². The normalized spacial score (nSPS) is 11.4. The smallest absolute Gasteiger partial charge is 0.287 e. The van der Waals surface area contributed by atoms with Gasteiger partial charge in [-0.05, 0) is 36.8 Å². The third kappa shape index (κ3) is 5.76. The van der Waals surface area contributed by atoms with Crippen LogP contribution >= 0.6 is 0 Å². The molecule has 2 aromatic rings. The third-order valence-corrected chi connectivity index (χ3v) is 3.35. The first-order chi connectivity index (χ1) is 12.0. The first kappa shape index (κ1) is 18.2. The molecule has 0 aliphatic carbocycles. The van der Waals surface area contributed by atoms with Crippen molar-refractivity contribution in [3.05, 3.63) is 59.8 Å². The second-order valence-electron chi connectivity index (χ2n) is 5.28. The molecule has 1 atom stereocenters. The Morgan fingerprint density at radius 1 is 1.04 bits per heavy atom. The molecule has 1 heterocycles. The monoisotopic (exact) mass is 347 g/mol. The first-order valence-electron chi connectivity index (χ1n) is 7.59. The lowest BCUT2D eigenvalue weighted by atomic mass is 10.1. The summed E-state index contributed by atoms with van der Waals surface area (Å²) in [7, 11) is 0. The lowest BCUT2D eigenvalue weighted by Crippen LogP contribution is -2.42. The fourth-order valence-electron chi connectivity index (χ4n) is 2.02. The quantitative estimate of drug-likeness (QED) is 0.699. The molecular weight excluding hydrogens is 329 g/mol. The van der Waals surface area contributed by atoms with Gasteiger partial charge in [0, 0.05) is 0 Å². The maximum Gasteiger partial charge on any atom is 0.287 e. The molecule has 0 aliphatic heterocycles. The van der Waals surface area contributed by atoms with Gasteiger partial charge in [-0.25, -0.2) is 4.39 Å². The van der Waals surface area contributed by atoms with E-state index in [0.717, 1.165) is 5.56 Å². The largest absolute Gasteiger partial charge is 0.459 e. The Labute approximate surface area is 143 Å². The zero-order chi connectivity index (χ0) is 18.2. The highest BCUT2D eigenvalue weighted by atomic mass is 19.1. The Kier molecular flexibility index (Phi) is 6.27. The van der Waals surface area contributed by atoms with Gasteiger partial charge in [-0.15, -0.1) is 0 Å². The Morgan fingerprint density at radius 2 is 1.72 bits per heavy atom. The predicted molar refractivity (Wildman–Crippen MR) is 87.0 cm³/mol. The summed E-state index contributed by atoms with van der Waals surface area (Å²) in [6, 6.07) is 8.46. The number of carbonyl (C=O) groups is 3. The van der Waals surface area contributed by atoms with Crippen molar-refractivity contribution in [3.8, 4) is 0 Å². The zero-order valence-corrected chi connectivity index (χ0v) is 13.5. The van der Waals surface area contributed by atoms with E-state index in [1.165, 1.54) is 24.5 Å². The Bertz CT molecular complexity index is 729. The molecule has 2 rings (SSSR count). The number of hydrogen-bond donors (Lipinski definition) is 3. The topological polar surface area (TPSA) is 100 Å². The van der Waals surface area contributed by atoms with Crippen molar-refractivity contribution in [1.29, 1.82) is 0 Å².